The van der Waals surface area contributed by atoms with Gasteiger partial charge in [-0.3, -0.25) is 4.79 Å². The third-order valence-electron chi connectivity index (χ3n) is 3.35. The Morgan fingerprint density at radius 2 is 2.27 bits per heavy atom. The molecule has 1 heteroatoms. The van der Waals surface area contributed by atoms with Gasteiger partial charge in [-0.15, -0.1) is 6.58 Å². The van der Waals surface area contributed by atoms with Crippen molar-refractivity contribution in [3.8, 4) is 0 Å². The molecule has 84 valence electrons. The lowest BCUT2D eigenvalue weighted by Crippen LogP contribution is -2.20. The maximum atomic E-state index is 11.3. The minimum Gasteiger partial charge on any atom is -0.295 e. The monoisotopic (exact) mass is 206 g/mol. The molecule has 1 nitrogen and oxygen atoms in total. The third kappa shape index (κ3) is 3.05. The van der Waals surface area contributed by atoms with Crippen molar-refractivity contribution in [3.05, 3.63) is 24.3 Å². The molecule has 0 aromatic carbocycles. The molecule has 0 heterocycles. The predicted octanol–water partition coefficient (Wildman–Crippen LogP) is 3.90. The zero-order chi connectivity index (χ0) is 11.7. The van der Waals surface area contributed by atoms with Gasteiger partial charge in [-0.25, -0.2) is 0 Å². The molecule has 0 amide bonds. The first kappa shape index (κ1) is 12.2. The molecule has 0 radical (unpaired) electrons. The Kier molecular flexibility index (Phi) is 3.22. The number of carbonyl (C=O) groups excluding carboxylic acids is 1. The predicted molar refractivity (Wildman–Crippen MR) is 64.7 cm³/mol. The molecule has 0 aromatic heterocycles. The van der Waals surface area contributed by atoms with Crippen molar-refractivity contribution in [2.24, 2.45) is 10.8 Å². The van der Waals surface area contributed by atoms with E-state index in [1.54, 1.807) is 6.92 Å². The Morgan fingerprint density at radius 3 is 2.67 bits per heavy atom. The summed E-state index contributed by atoms with van der Waals surface area (Å²) in [5, 5.41) is 0. The Morgan fingerprint density at radius 1 is 1.67 bits per heavy atom. The maximum absolute atomic E-state index is 11.3. The second kappa shape index (κ2) is 3.96. The number of carbonyl (C=O) groups is 1. The van der Waals surface area contributed by atoms with Gasteiger partial charge in [0, 0.05) is 0 Å². The average Bonchev–Trinajstić information content (AvgIpc) is 2.47. The van der Waals surface area contributed by atoms with Crippen LogP contribution in [0.3, 0.4) is 0 Å². The fraction of sp³-hybridized carbons (Fsp3) is 0.643. The van der Waals surface area contributed by atoms with Crippen molar-refractivity contribution in [1.82, 2.24) is 0 Å². The Hall–Kier alpha value is -0.850. The van der Waals surface area contributed by atoms with Gasteiger partial charge in [-0.05, 0) is 42.6 Å². The van der Waals surface area contributed by atoms with E-state index in [0.29, 0.717) is 0 Å². The fourth-order valence-electron chi connectivity index (χ4n) is 2.52. The Labute approximate surface area is 93.3 Å². The van der Waals surface area contributed by atoms with Crippen LogP contribution in [0.5, 0.6) is 0 Å². The Balaban J connectivity index is 2.79. The quantitative estimate of drug-likeness (QED) is 0.637. The summed E-state index contributed by atoms with van der Waals surface area (Å²) in [7, 11) is 0. The number of ketones is 1. The highest BCUT2D eigenvalue weighted by Crippen LogP contribution is 2.44. The number of Topliss-reactive ketones (excluding diaryl/α,β-unsaturated/α-hetero) is 1. The van der Waals surface area contributed by atoms with Crippen LogP contribution in [0.15, 0.2) is 24.3 Å². The van der Waals surface area contributed by atoms with Crippen LogP contribution in [0.2, 0.25) is 0 Å². The maximum Gasteiger partial charge on any atom is 0.155 e. The summed E-state index contributed by atoms with van der Waals surface area (Å²) in [6.45, 7) is 12.2. The zero-order valence-electron chi connectivity index (χ0n) is 10.4. The summed E-state index contributed by atoms with van der Waals surface area (Å²) in [6.07, 6.45) is 7.30. The molecule has 0 saturated heterocycles. The summed E-state index contributed by atoms with van der Waals surface area (Å²) >= 11 is 0. The minimum atomic E-state index is 0.150. The van der Waals surface area contributed by atoms with E-state index >= 15 is 0 Å². The lowest BCUT2D eigenvalue weighted by Gasteiger charge is -2.31. The van der Waals surface area contributed by atoms with Gasteiger partial charge in [0.05, 0.1) is 0 Å². The van der Waals surface area contributed by atoms with E-state index in [1.165, 1.54) is 0 Å². The average molecular weight is 206 g/mol. The number of allylic oxidation sites excluding steroid dienone is 3. The van der Waals surface area contributed by atoms with Gasteiger partial charge in [0.2, 0.25) is 0 Å². The molecule has 1 atom stereocenters. The summed E-state index contributed by atoms with van der Waals surface area (Å²) in [5.41, 5.74) is 1.34. The van der Waals surface area contributed by atoms with Gasteiger partial charge in [-0.1, -0.05) is 32.9 Å². The van der Waals surface area contributed by atoms with Gasteiger partial charge in [0.25, 0.3) is 0 Å². The Bertz CT molecular complexity index is 309. The third-order valence-corrected chi connectivity index (χ3v) is 3.35. The molecule has 1 aliphatic rings. The molecular formula is C14H22O. The van der Waals surface area contributed by atoms with E-state index < -0.39 is 0 Å². The van der Waals surface area contributed by atoms with Crippen LogP contribution in [0.25, 0.3) is 0 Å². The van der Waals surface area contributed by atoms with Crippen LogP contribution in [-0.4, -0.2) is 5.78 Å². The molecule has 0 fully saturated rings. The van der Waals surface area contributed by atoms with Crippen LogP contribution in [0.4, 0.5) is 0 Å². The SMILES string of the molecule is C=CC(C)(C)C[C@@]1(C)C=C(C(C)=O)CC1. The highest BCUT2D eigenvalue weighted by molar-refractivity contribution is 5.93. The summed E-state index contributed by atoms with van der Waals surface area (Å²) in [6, 6.07) is 0. The zero-order valence-corrected chi connectivity index (χ0v) is 10.4. The number of hydrogen-bond acceptors (Lipinski definition) is 1. The van der Waals surface area contributed by atoms with Gasteiger partial charge < -0.3 is 0 Å². The smallest absolute Gasteiger partial charge is 0.155 e. The van der Waals surface area contributed by atoms with E-state index in [2.05, 4.69) is 33.4 Å². The molecule has 0 unspecified atom stereocenters. The van der Waals surface area contributed by atoms with Crippen molar-refractivity contribution in [2.75, 3.05) is 0 Å². The largest absolute Gasteiger partial charge is 0.295 e. The summed E-state index contributed by atoms with van der Waals surface area (Å²) in [4.78, 5) is 11.3. The first-order chi connectivity index (χ1) is 6.78. The molecule has 0 N–H and O–H groups in total. The molecule has 0 saturated carbocycles. The van der Waals surface area contributed by atoms with Crippen LogP contribution in [0, 0.1) is 10.8 Å². The van der Waals surface area contributed by atoms with E-state index in [-0.39, 0.29) is 16.6 Å². The van der Waals surface area contributed by atoms with Crippen LogP contribution in [0.1, 0.15) is 47.0 Å². The van der Waals surface area contributed by atoms with Crippen molar-refractivity contribution in [2.45, 2.75) is 47.0 Å². The molecule has 0 bridgehead atoms. The second-order valence-corrected chi connectivity index (χ2v) is 5.75. The van der Waals surface area contributed by atoms with Crippen LogP contribution >= 0.6 is 0 Å². The lowest BCUT2D eigenvalue weighted by atomic mass is 9.74. The topological polar surface area (TPSA) is 17.1 Å². The van der Waals surface area contributed by atoms with Crippen molar-refractivity contribution in [3.63, 3.8) is 0 Å². The summed E-state index contributed by atoms with van der Waals surface area (Å²) in [5.74, 6) is 0.232. The lowest BCUT2D eigenvalue weighted by molar-refractivity contribution is -0.113. The number of hydrogen-bond donors (Lipinski definition) is 0. The van der Waals surface area contributed by atoms with Gasteiger partial charge >= 0.3 is 0 Å². The molecule has 0 spiro atoms. The van der Waals surface area contributed by atoms with Crippen molar-refractivity contribution < 1.29 is 4.79 Å². The molecular weight excluding hydrogens is 184 g/mol. The van der Waals surface area contributed by atoms with E-state index in [9.17, 15) is 4.79 Å². The minimum absolute atomic E-state index is 0.150. The normalized spacial score (nSPS) is 26.3. The molecule has 1 aliphatic carbocycles. The van der Waals surface area contributed by atoms with Crippen molar-refractivity contribution in [1.29, 1.82) is 0 Å². The van der Waals surface area contributed by atoms with E-state index in [1.807, 2.05) is 6.08 Å². The van der Waals surface area contributed by atoms with Crippen LogP contribution in [-0.2, 0) is 4.79 Å². The van der Waals surface area contributed by atoms with Gasteiger partial charge in [0.1, 0.15) is 0 Å². The first-order valence-electron chi connectivity index (χ1n) is 5.64. The highest BCUT2D eigenvalue weighted by atomic mass is 16.1. The molecule has 1 rings (SSSR count). The summed E-state index contributed by atoms with van der Waals surface area (Å²) < 4.78 is 0. The number of rotatable bonds is 4. The van der Waals surface area contributed by atoms with Crippen LogP contribution < -0.4 is 0 Å². The van der Waals surface area contributed by atoms with E-state index in [0.717, 1.165) is 24.8 Å². The molecule has 0 aliphatic heterocycles. The fourth-order valence-corrected chi connectivity index (χ4v) is 2.52. The molecule has 15 heavy (non-hydrogen) atoms. The van der Waals surface area contributed by atoms with E-state index in [4.69, 9.17) is 0 Å². The van der Waals surface area contributed by atoms with Gasteiger partial charge in [0.15, 0.2) is 5.78 Å². The highest BCUT2D eigenvalue weighted by Gasteiger charge is 2.33. The van der Waals surface area contributed by atoms with Gasteiger partial charge in [-0.2, -0.15) is 0 Å². The van der Waals surface area contributed by atoms with Crippen molar-refractivity contribution >= 4 is 5.78 Å². The molecule has 0 aromatic rings. The first-order valence-corrected chi connectivity index (χ1v) is 5.64. The standard InChI is InChI=1S/C14H22O/c1-6-13(3,4)10-14(5)8-7-12(9-14)11(2)15/h6,9H,1,7-8,10H2,2-5H3/t14-/m1/s1. The second-order valence-electron chi connectivity index (χ2n) is 5.75.